The lowest BCUT2D eigenvalue weighted by Crippen LogP contribution is -2.29. The van der Waals surface area contributed by atoms with E-state index in [1.807, 2.05) is 62.4 Å². The summed E-state index contributed by atoms with van der Waals surface area (Å²) in [5, 5.41) is 12.0. The summed E-state index contributed by atoms with van der Waals surface area (Å²) in [6, 6.07) is 17.8. The average molecular weight is 569 g/mol. The van der Waals surface area contributed by atoms with Crippen molar-refractivity contribution in [3.63, 3.8) is 0 Å². The minimum absolute atomic E-state index is 0.0361. The van der Waals surface area contributed by atoms with Gasteiger partial charge in [-0.3, -0.25) is 14.5 Å². The molecule has 210 valence electrons. The number of thiazole rings is 1. The zero-order valence-electron chi connectivity index (χ0n) is 23.3. The van der Waals surface area contributed by atoms with Crippen LogP contribution in [0.15, 0.2) is 66.2 Å². The van der Waals surface area contributed by atoms with E-state index in [0.29, 0.717) is 35.0 Å². The summed E-state index contributed by atoms with van der Waals surface area (Å²) in [6.07, 6.45) is 3.93. The molecule has 1 fully saturated rings. The van der Waals surface area contributed by atoms with Gasteiger partial charge in [0.2, 0.25) is 0 Å². The van der Waals surface area contributed by atoms with Gasteiger partial charge in [0.1, 0.15) is 23.4 Å². The molecule has 7 nitrogen and oxygen atoms in total. The molecule has 1 amide bonds. The SMILES string of the molecule is CCCCCOc1ccc([C@H]2C(=C(O)c3ccc4c(c3)C[C@@H](C)O4)C(=O)C(=O)N2c2nc3ccc(C)cc3s2)cc1. The van der Waals surface area contributed by atoms with Crippen LogP contribution in [-0.4, -0.2) is 34.5 Å². The highest BCUT2D eigenvalue weighted by atomic mass is 32.1. The van der Waals surface area contributed by atoms with Crippen LogP contribution in [0.5, 0.6) is 11.5 Å². The van der Waals surface area contributed by atoms with Gasteiger partial charge in [0.25, 0.3) is 5.78 Å². The lowest BCUT2D eigenvalue weighted by atomic mass is 9.94. The number of Topliss-reactive ketones (excluding diaryl/α,β-unsaturated/α-hetero) is 1. The van der Waals surface area contributed by atoms with Crippen LogP contribution in [0.3, 0.4) is 0 Å². The minimum Gasteiger partial charge on any atom is -0.507 e. The average Bonchev–Trinajstić information content (AvgIpc) is 3.63. The van der Waals surface area contributed by atoms with Crippen LogP contribution in [0, 0.1) is 6.92 Å². The predicted molar refractivity (Wildman–Crippen MR) is 161 cm³/mol. The van der Waals surface area contributed by atoms with Gasteiger partial charge in [-0.25, -0.2) is 4.98 Å². The van der Waals surface area contributed by atoms with E-state index in [1.54, 1.807) is 12.1 Å². The number of aliphatic hydroxyl groups is 1. The van der Waals surface area contributed by atoms with Gasteiger partial charge >= 0.3 is 5.91 Å². The van der Waals surface area contributed by atoms with E-state index in [2.05, 4.69) is 6.92 Å². The standard InChI is InChI=1S/C33H32N2O5S/c1-4-5-6-15-39-24-11-8-21(9-12-24)29-28(30(36)22-10-14-26-23(18-22)17-20(3)40-26)31(37)32(38)35(29)33-34-25-13-7-19(2)16-27(25)41-33/h7-14,16,18,20,29,36H,4-6,15,17H2,1-3H3/t20-,29+/m1/s1. The Bertz CT molecular complexity index is 1670. The largest absolute Gasteiger partial charge is 0.507 e. The van der Waals surface area contributed by atoms with Gasteiger partial charge < -0.3 is 14.6 Å². The summed E-state index contributed by atoms with van der Waals surface area (Å²) in [7, 11) is 0. The van der Waals surface area contributed by atoms with E-state index in [-0.39, 0.29) is 17.4 Å². The van der Waals surface area contributed by atoms with E-state index in [4.69, 9.17) is 14.5 Å². The van der Waals surface area contributed by atoms with E-state index < -0.39 is 17.7 Å². The second kappa shape index (κ2) is 11.0. The Balaban J connectivity index is 1.44. The molecule has 4 aromatic rings. The van der Waals surface area contributed by atoms with Crippen molar-refractivity contribution in [2.75, 3.05) is 11.5 Å². The highest BCUT2D eigenvalue weighted by Gasteiger charge is 2.48. The topological polar surface area (TPSA) is 89.0 Å². The molecule has 1 saturated heterocycles. The summed E-state index contributed by atoms with van der Waals surface area (Å²) in [4.78, 5) is 33.4. The number of anilines is 1. The molecule has 0 spiro atoms. The van der Waals surface area contributed by atoms with Crippen LogP contribution in [0.1, 0.15) is 61.4 Å². The molecule has 41 heavy (non-hydrogen) atoms. The molecule has 1 N–H and O–H groups in total. The molecule has 0 bridgehead atoms. The fourth-order valence-electron chi connectivity index (χ4n) is 5.48. The first-order valence-electron chi connectivity index (χ1n) is 14.0. The van der Waals surface area contributed by atoms with Gasteiger partial charge in [0.15, 0.2) is 5.13 Å². The van der Waals surface area contributed by atoms with Crippen molar-refractivity contribution in [2.45, 2.75) is 58.6 Å². The zero-order valence-corrected chi connectivity index (χ0v) is 24.2. The van der Waals surface area contributed by atoms with Crippen molar-refractivity contribution in [1.82, 2.24) is 4.98 Å². The Morgan fingerprint density at radius 2 is 1.90 bits per heavy atom. The lowest BCUT2D eigenvalue weighted by Gasteiger charge is -2.23. The van der Waals surface area contributed by atoms with Crippen LogP contribution < -0.4 is 14.4 Å². The first-order chi connectivity index (χ1) is 19.8. The van der Waals surface area contributed by atoms with Gasteiger partial charge in [0.05, 0.1) is 28.4 Å². The van der Waals surface area contributed by atoms with Crippen molar-refractivity contribution in [1.29, 1.82) is 0 Å². The van der Waals surface area contributed by atoms with Crippen LogP contribution in [-0.2, 0) is 16.0 Å². The second-order valence-electron chi connectivity index (χ2n) is 10.7. The number of ether oxygens (including phenoxy) is 2. The maximum atomic E-state index is 13.6. The van der Waals surface area contributed by atoms with Crippen molar-refractivity contribution < 1.29 is 24.2 Å². The number of rotatable bonds is 8. The third kappa shape index (κ3) is 5.08. The fourth-order valence-corrected chi connectivity index (χ4v) is 6.57. The van der Waals surface area contributed by atoms with E-state index >= 15 is 0 Å². The van der Waals surface area contributed by atoms with Gasteiger partial charge in [-0.05, 0) is 79.4 Å². The Hall–Kier alpha value is -4.17. The van der Waals surface area contributed by atoms with Gasteiger partial charge in [-0.15, -0.1) is 0 Å². The number of unbranched alkanes of at least 4 members (excludes halogenated alkanes) is 2. The van der Waals surface area contributed by atoms with Crippen molar-refractivity contribution in [3.8, 4) is 11.5 Å². The normalized spacial score (nSPS) is 19.5. The molecule has 0 unspecified atom stereocenters. The third-order valence-electron chi connectivity index (χ3n) is 7.57. The van der Waals surface area contributed by atoms with Gasteiger partial charge in [0, 0.05) is 12.0 Å². The molecule has 0 aliphatic carbocycles. The van der Waals surface area contributed by atoms with E-state index in [1.165, 1.54) is 16.2 Å². The number of aryl methyl sites for hydroxylation is 1. The maximum Gasteiger partial charge on any atom is 0.301 e. The van der Waals surface area contributed by atoms with Gasteiger partial charge in [-0.2, -0.15) is 0 Å². The van der Waals surface area contributed by atoms with Crippen molar-refractivity contribution in [2.24, 2.45) is 0 Å². The fraction of sp³-hybridized carbons (Fsp3) is 0.303. The number of aliphatic hydroxyl groups excluding tert-OH is 1. The number of hydrogen-bond donors (Lipinski definition) is 1. The monoisotopic (exact) mass is 568 g/mol. The molecule has 3 heterocycles. The Labute approximate surface area is 243 Å². The first-order valence-corrected chi connectivity index (χ1v) is 14.9. The van der Waals surface area contributed by atoms with Crippen LogP contribution in [0.25, 0.3) is 16.0 Å². The Morgan fingerprint density at radius 3 is 2.68 bits per heavy atom. The minimum atomic E-state index is -0.853. The number of nitrogens with zero attached hydrogens (tertiary/aromatic N) is 2. The molecule has 0 saturated carbocycles. The summed E-state index contributed by atoms with van der Waals surface area (Å²) in [5.74, 6) is -0.191. The number of ketones is 1. The number of aromatic nitrogens is 1. The molecule has 2 aliphatic rings. The van der Waals surface area contributed by atoms with E-state index in [9.17, 15) is 14.7 Å². The molecular formula is C33H32N2O5S. The highest BCUT2D eigenvalue weighted by Crippen LogP contribution is 2.45. The second-order valence-corrected chi connectivity index (χ2v) is 11.7. The number of carbonyl (C=O) groups excluding carboxylic acids is 2. The number of benzene rings is 3. The summed E-state index contributed by atoms with van der Waals surface area (Å²) in [6.45, 7) is 6.76. The lowest BCUT2D eigenvalue weighted by molar-refractivity contribution is -0.132. The predicted octanol–water partition coefficient (Wildman–Crippen LogP) is 7.12. The summed E-state index contributed by atoms with van der Waals surface area (Å²) < 4.78 is 12.6. The molecule has 2 atom stereocenters. The number of hydrogen-bond acceptors (Lipinski definition) is 7. The summed E-state index contributed by atoms with van der Waals surface area (Å²) >= 11 is 1.35. The molecule has 2 aliphatic heterocycles. The number of fused-ring (bicyclic) bond motifs is 2. The Kier molecular flexibility index (Phi) is 7.26. The van der Waals surface area contributed by atoms with Crippen molar-refractivity contribution >= 4 is 44.1 Å². The zero-order chi connectivity index (χ0) is 28.7. The molecular weight excluding hydrogens is 536 g/mol. The first kappa shape index (κ1) is 27.0. The number of carbonyl (C=O) groups is 2. The quantitative estimate of drug-likeness (QED) is 0.105. The molecule has 0 radical (unpaired) electrons. The molecule has 6 rings (SSSR count). The van der Waals surface area contributed by atoms with E-state index in [0.717, 1.165) is 46.4 Å². The van der Waals surface area contributed by atoms with Crippen LogP contribution in [0.4, 0.5) is 5.13 Å². The van der Waals surface area contributed by atoms with Crippen molar-refractivity contribution in [3.05, 3.63) is 88.5 Å². The Morgan fingerprint density at radius 1 is 1.10 bits per heavy atom. The smallest absolute Gasteiger partial charge is 0.301 e. The molecule has 8 heteroatoms. The molecule has 3 aromatic carbocycles. The third-order valence-corrected chi connectivity index (χ3v) is 8.58. The maximum absolute atomic E-state index is 13.6. The van der Waals surface area contributed by atoms with Crippen LogP contribution in [0.2, 0.25) is 0 Å². The summed E-state index contributed by atoms with van der Waals surface area (Å²) in [5.41, 5.74) is 3.98. The van der Waals surface area contributed by atoms with Crippen LogP contribution >= 0.6 is 11.3 Å². The highest BCUT2D eigenvalue weighted by molar-refractivity contribution is 7.22. The number of amides is 1. The van der Waals surface area contributed by atoms with Gasteiger partial charge in [-0.1, -0.05) is 49.3 Å². The molecule has 1 aromatic heterocycles.